The van der Waals surface area contributed by atoms with Crippen molar-refractivity contribution in [3.05, 3.63) is 23.7 Å². The summed E-state index contributed by atoms with van der Waals surface area (Å²) in [6, 6.07) is 3.73. The number of hydrogen-bond donors (Lipinski definition) is 2. The molecule has 1 aliphatic rings. The van der Waals surface area contributed by atoms with Gasteiger partial charge in [0.25, 0.3) is 0 Å². The molecule has 2 rings (SSSR count). The van der Waals surface area contributed by atoms with E-state index in [1.54, 1.807) is 12.1 Å². The Kier molecular flexibility index (Phi) is 5.20. The highest BCUT2D eigenvalue weighted by Crippen LogP contribution is 2.27. The average Bonchev–Trinajstić information content (AvgIpc) is 2.97. The first-order chi connectivity index (χ1) is 9.65. The van der Waals surface area contributed by atoms with Crippen LogP contribution in [0, 0.1) is 5.92 Å². The lowest BCUT2D eigenvalue weighted by Crippen LogP contribution is -2.41. The minimum Gasteiger partial charge on any atom is -0.463 e. The van der Waals surface area contributed by atoms with Crippen molar-refractivity contribution in [3.63, 3.8) is 0 Å². The number of hydrogen-bond acceptors (Lipinski definition) is 5. The van der Waals surface area contributed by atoms with Gasteiger partial charge in [0.15, 0.2) is 0 Å². The molecular weight excluding hydrogens is 258 g/mol. The van der Waals surface area contributed by atoms with E-state index in [1.165, 1.54) is 20.0 Å². The normalized spacial score (nSPS) is 24.4. The van der Waals surface area contributed by atoms with Gasteiger partial charge in [-0.25, -0.2) is 4.79 Å². The lowest BCUT2D eigenvalue weighted by atomic mass is 9.84. The summed E-state index contributed by atoms with van der Waals surface area (Å²) in [4.78, 5) is 11.4. The molecule has 2 N–H and O–H groups in total. The molecule has 112 valence electrons. The maximum Gasteiger partial charge on any atom is 0.373 e. The van der Waals surface area contributed by atoms with E-state index < -0.39 is 5.97 Å². The van der Waals surface area contributed by atoms with E-state index in [0.29, 0.717) is 17.7 Å². The summed E-state index contributed by atoms with van der Waals surface area (Å²) in [6.07, 6.45) is 4.50. The second-order valence-electron chi connectivity index (χ2n) is 5.42. The molecule has 5 nitrogen and oxygen atoms in total. The topological polar surface area (TPSA) is 71.7 Å². The van der Waals surface area contributed by atoms with Crippen LogP contribution in [0.2, 0.25) is 0 Å². The summed E-state index contributed by atoms with van der Waals surface area (Å²) >= 11 is 0. The first-order valence-corrected chi connectivity index (χ1v) is 7.20. The van der Waals surface area contributed by atoms with Crippen LogP contribution < -0.4 is 5.32 Å². The van der Waals surface area contributed by atoms with Gasteiger partial charge >= 0.3 is 5.97 Å². The molecule has 1 heterocycles. The Labute approximate surface area is 119 Å². The number of ether oxygens (including phenoxy) is 1. The quantitative estimate of drug-likeness (QED) is 0.810. The molecule has 0 aliphatic heterocycles. The molecule has 0 radical (unpaired) electrons. The number of methoxy groups -OCH3 is 1. The second kappa shape index (κ2) is 6.90. The van der Waals surface area contributed by atoms with Crippen molar-refractivity contribution in [2.75, 3.05) is 13.7 Å². The van der Waals surface area contributed by atoms with E-state index in [4.69, 9.17) is 4.42 Å². The first kappa shape index (κ1) is 15.1. The Bertz CT molecular complexity index is 443. The van der Waals surface area contributed by atoms with Crippen LogP contribution in [0.3, 0.4) is 0 Å². The van der Waals surface area contributed by atoms with Crippen LogP contribution in [0.25, 0.3) is 0 Å². The molecule has 3 atom stereocenters. The average molecular weight is 281 g/mol. The fourth-order valence-electron chi connectivity index (χ4n) is 2.84. The van der Waals surface area contributed by atoms with Gasteiger partial charge in [-0.3, -0.25) is 0 Å². The standard InChI is InChI=1S/C15H23NO4/c1-10(13-7-8-14(20-13)15(18)19-2)16-12-6-4-3-5-11(12)9-17/h7-8,10-12,16-17H,3-6,9H2,1-2H3. The van der Waals surface area contributed by atoms with Crippen LogP contribution in [0.5, 0.6) is 0 Å². The van der Waals surface area contributed by atoms with Crippen LogP contribution in [0.4, 0.5) is 0 Å². The summed E-state index contributed by atoms with van der Waals surface area (Å²) in [5.41, 5.74) is 0. The molecule has 1 fully saturated rings. The van der Waals surface area contributed by atoms with Crippen molar-refractivity contribution in [1.82, 2.24) is 5.32 Å². The number of carbonyl (C=O) groups excluding carboxylic acids is 1. The predicted molar refractivity (Wildman–Crippen MR) is 74.4 cm³/mol. The van der Waals surface area contributed by atoms with Gasteiger partial charge in [0.1, 0.15) is 5.76 Å². The molecule has 3 unspecified atom stereocenters. The van der Waals surface area contributed by atoms with Crippen molar-refractivity contribution in [2.24, 2.45) is 5.92 Å². The number of nitrogens with one attached hydrogen (secondary N) is 1. The largest absolute Gasteiger partial charge is 0.463 e. The smallest absolute Gasteiger partial charge is 0.373 e. The minimum absolute atomic E-state index is 0.00514. The summed E-state index contributed by atoms with van der Waals surface area (Å²) < 4.78 is 10.1. The Hall–Kier alpha value is -1.33. The van der Waals surface area contributed by atoms with Gasteiger partial charge in [-0.05, 0) is 37.8 Å². The van der Waals surface area contributed by atoms with E-state index >= 15 is 0 Å². The maximum absolute atomic E-state index is 11.4. The number of aliphatic hydroxyl groups excluding tert-OH is 1. The van der Waals surface area contributed by atoms with Gasteiger partial charge in [-0.2, -0.15) is 0 Å². The molecule has 0 saturated heterocycles. The summed E-state index contributed by atoms with van der Waals surface area (Å²) in [5, 5.41) is 12.9. The Morgan fingerprint density at radius 2 is 2.25 bits per heavy atom. The van der Waals surface area contributed by atoms with Crippen LogP contribution in [0.1, 0.15) is 55.0 Å². The molecule has 1 saturated carbocycles. The number of esters is 1. The SMILES string of the molecule is COC(=O)c1ccc(C(C)NC2CCCCC2CO)o1. The van der Waals surface area contributed by atoms with Crippen molar-refractivity contribution >= 4 is 5.97 Å². The zero-order valence-corrected chi connectivity index (χ0v) is 12.1. The molecule has 1 aliphatic carbocycles. The second-order valence-corrected chi connectivity index (χ2v) is 5.42. The van der Waals surface area contributed by atoms with Crippen LogP contribution >= 0.6 is 0 Å². The number of furan rings is 1. The number of aliphatic hydroxyl groups is 1. The van der Waals surface area contributed by atoms with Crippen LogP contribution in [-0.4, -0.2) is 30.8 Å². The summed E-state index contributed by atoms with van der Waals surface area (Å²) in [6.45, 7) is 2.22. The van der Waals surface area contributed by atoms with Crippen molar-refractivity contribution < 1.29 is 19.1 Å². The van der Waals surface area contributed by atoms with E-state index in [-0.39, 0.29) is 18.4 Å². The zero-order valence-electron chi connectivity index (χ0n) is 12.1. The fourth-order valence-corrected chi connectivity index (χ4v) is 2.84. The van der Waals surface area contributed by atoms with Gasteiger partial charge in [0, 0.05) is 12.6 Å². The third-order valence-electron chi connectivity index (χ3n) is 4.05. The summed E-state index contributed by atoms with van der Waals surface area (Å²) in [5.74, 6) is 0.779. The minimum atomic E-state index is -0.464. The van der Waals surface area contributed by atoms with Gasteiger partial charge in [-0.1, -0.05) is 12.8 Å². The van der Waals surface area contributed by atoms with Gasteiger partial charge < -0.3 is 19.6 Å². The van der Waals surface area contributed by atoms with Crippen LogP contribution in [0.15, 0.2) is 16.5 Å². The molecule has 1 aromatic heterocycles. The van der Waals surface area contributed by atoms with E-state index in [9.17, 15) is 9.90 Å². The highest BCUT2D eigenvalue weighted by atomic mass is 16.5. The molecule has 1 aromatic rings. The maximum atomic E-state index is 11.4. The fraction of sp³-hybridized carbons (Fsp3) is 0.667. The van der Waals surface area contributed by atoms with E-state index in [2.05, 4.69) is 10.1 Å². The highest BCUT2D eigenvalue weighted by Gasteiger charge is 2.26. The van der Waals surface area contributed by atoms with Gasteiger partial charge in [-0.15, -0.1) is 0 Å². The monoisotopic (exact) mass is 281 g/mol. The van der Waals surface area contributed by atoms with Gasteiger partial charge in [0.05, 0.1) is 13.2 Å². The van der Waals surface area contributed by atoms with Crippen molar-refractivity contribution in [3.8, 4) is 0 Å². The first-order valence-electron chi connectivity index (χ1n) is 7.20. The molecule has 5 heteroatoms. The molecule has 20 heavy (non-hydrogen) atoms. The highest BCUT2D eigenvalue weighted by molar-refractivity contribution is 5.86. The molecule has 0 aromatic carbocycles. The van der Waals surface area contributed by atoms with Crippen molar-refractivity contribution in [2.45, 2.75) is 44.7 Å². The molecule has 0 spiro atoms. The number of carbonyl (C=O) groups is 1. The van der Waals surface area contributed by atoms with Gasteiger partial charge in [0.2, 0.25) is 5.76 Å². The Morgan fingerprint density at radius 1 is 1.50 bits per heavy atom. The predicted octanol–water partition coefficient (Wildman–Crippen LogP) is 2.27. The molecule has 0 amide bonds. The van der Waals surface area contributed by atoms with E-state index in [1.807, 2.05) is 6.92 Å². The lowest BCUT2D eigenvalue weighted by molar-refractivity contribution is 0.0561. The zero-order chi connectivity index (χ0) is 14.5. The molecular formula is C15H23NO4. The molecule has 0 bridgehead atoms. The number of rotatable bonds is 5. The van der Waals surface area contributed by atoms with Crippen LogP contribution in [-0.2, 0) is 4.74 Å². The van der Waals surface area contributed by atoms with E-state index in [0.717, 1.165) is 12.8 Å². The Morgan fingerprint density at radius 3 is 2.95 bits per heavy atom. The third kappa shape index (κ3) is 3.41. The Balaban J connectivity index is 1.98. The lowest BCUT2D eigenvalue weighted by Gasteiger charge is -2.32. The third-order valence-corrected chi connectivity index (χ3v) is 4.05. The summed E-state index contributed by atoms with van der Waals surface area (Å²) in [7, 11) is 1.33. The van der Waals surface area contributed by atoms with Crippen molar-refractivity contribution in [1.29, 1.82) is 0 Å².